The zero-order chi connectivity index (χ0) is 19.3. The molecule has 1 aromatic carbocycles. The highest BCUT2D eigenvalue weighted by Gasteiger charge is 2.20. The van der Waals surface area contributed by atoms with Crippen LogP contribution < -0.4 is 4.74 Å². The second kappa shape index (κ2) is 13.1. The van der Waals surface area contributed by atoms with E-state index in [1.54, 1.807) is 12.1 Å². The van der Waals surface area contributed by atoms with E-state index in [1.165, 1.54) is 89.0 Å². The Balaban J connectivity index is 1.53. The fourth-order valence-corrected chi connectivity index (χ4v) is 4.41. The highest BCUT2D eigenvalue weighted by Crippen LogP contribution is 2.34. The second-order valence-electron chi connectivity index (χ2n) is 8.36. The van der Waals surface area contributed by atoms with Crippen molar-refractivity contribution in [2.45, 2.75) is 103 Å². The maximum Gasteiger partial charge on any atom is 0.387 e. The van der Waals surface area contributed by atoms with Crippen molar-refractivity contribution in [3.05, 3.63) is 29.8 Å². The van der Waals surface area contributed by atoms with Crippen molar-refractivity contribution in [3.63, 3.8) is 0 Å². The van der Waals surface area contributed by atoms with Crippen LogP contribution in [0.15, 0.2) is 24.3 Å². The van der Waals surface area contributed by atoms with Gasteiger partial charge in [0.2, 0.25) is 0 Å². The van der Waals surface area contributed by atoms with Crippen molar-refractivity contribution in [2.75, 3.05) is 0 Å². The predicted octanol–water partition coefficient (Wildman–Crippen LogP) is 8.17. The molecule has 0 N–H and O–H groups in total. The van der Waals surface area contributed by atoms with Crippen molar-refractivity contribution < 1.29 is 13.5 Å². The molecule has 1 aliphatic carbocycles. The van der Waals surface area contributed by atoms with Gasteiger partial charge in [0.25, 0.3) is 0 Å². The Morgan fingerprint density at radius 3 is 1.96 bits per heavy atom. The number of hydrogen-bond donors (Lipinski definition) is 0. The summed E-state index contributed by atoms with van der Waals surface area (Å²) in [4.78, 5) is 0. The van der Waals surface area contributed by atoms with E-state index in [0.29, 0.717) is 0 Å². The lowest BCUT2D eigenvalue weighted by Crippen LogP contribution is -2.15. The Morgan fingerprint density at radius 2 is 1.37 bits per heavy atom. The Kier molecular flexibility index (Phi) is 10.8. The van der Waals surface area contributed by atoms with Crippen LogP contribution in [0, 0.1) is 11.8 Å². The average Bonchev–Trinajstić information content (AvgIpc) is 2.67. The van der Waals surface area contributed by atoms with Crippen molar-refractivity contribution in [1.29, 1.82) is 0 Å². The number of alkyl halides is 2. The lowest BCUT2D eigenvalue weighted by molar-refractivity contribution is -0.0498. The summed E-state index contributed by atoms with van der Waals surface area (Å²) >= 11 is 0. The van der Waals surface area contributed by atoms with Crippen LogP contribution in [0.3, 0.4) is 0 Å². The van der Waals surface area contributed by atoms with Gasteiger partial charge in [0, 0.05) is 0 Å². The van der Waals surface area contributed by atoms with E-state index in [0.717, 1.165) is 18.3 Å². The fourth-order valence-electron chi connectivity index (χ4n) is 4.41. The van der Waals surface area contributed by atoms with Crippen LogP contribution in [0.2, 0.25) is 0 Å². The van der Waals surface area contributed by atoms with Gasteiger partial charge in [-0.25, -0.2) is 0 Å². The maximum absolute atomic E-state index is 12.2. The van der Waals surface area contributed by atoms with E-state index < -0.39 is 6.61 Å². The summed E-state index contributed by atoms with van der Waals surface area (Å²) in [5.41, 5.74) is 1.22. The summed E-state index contributed by atoms with van der Waals surface area (Å²) < 4.78 is 28.8. The summed E-state index contributed by atoms with van der Waals surface area (Å²) in [6, 6.07) is 7.15. The molecule has 1 saturated carbocycles. The van der Waals surface area contributed by atoms with E-state index in [9.17, 15) is 8.78 Å². The lowest BCUT2D eigenvalue weighted by atomic mass is 9.77. The SMILES string of the molecule is CCCCCCCCC[C@H]1CC[C@H](CCc2ccc(OC(F)F)cc2)CC1. The summed E-state index contributed by atoms with van der Waals surface area (Å²) in [6.45, 7) is -0.468. The van der Waals surface area contributed by atoms with Gasteiger partial charge in [-0.3, -0.25) is 0 Å². The molecule has 0 atom stereocenters. The summed E-state index contributed by atoms with van der Waals surface area (Å²) in [5, 5.41) is 0. The summed E-state index contributed by atoms with van der Waals surface area (Å²) in [5.74, 6) is 2.05. The fraction of sp³-hybridized carbons (Fsp3) is 0.750. The standard InChI is InChI=1S/C24H38F2O/c1-2-3-4-5-6-7-8-9-20-10-12-21(13-11-20)14-15-22-16-18-23(19-17-22)27-24(25)26/h16-21,24H,2-15H2,1H3/t20-,21-. The Morgan fingerprint density at radius 1 is 0.815 bits per heavy atom. The molecule has 0 saturated heterocycles. The predicted molar refractivity (Wildman–Crippen MR) is 109 cm³/mol. The van der Waals surface area contributed by atoms with Crippen LogP contribution in [0.4, 0.5) is 8.78 Å². The van der Waals surface area contributed by atoms with Crippen molar-refractivity contribution >= 4 is 0 Å². The first-order chi connectivity index (χ1) is 13.2. The minimum absolute atomic E-state index is 0.250. The molecule has 0 aliphatic heterocycles. The Hall–Kier alpha value is -1.12. The maximum atomic E-state index is 12.2. The molecule has 0 aromatic heterocycles. The third-order valence-electron chi connectivity index (χ3n) is 6.17. The van der Waals surface area contributed by atoms with Crippen molar-refractivity contribution in [3.8, 4) is 5.75 Å². The normalized spacial score (nSPS) is 20.1. The topological polar surface area (TPSA) is 9.23 Å². The molecule has 0 bridgehead atoms. The van der Waals surface area contributed by atoms with Gasteiger partial charge < -0.3 is 4.74 Å². The Bertz CT molecular complexity index is 478. The van der Waals surface area contributed by atoms with Gasteiger partial charge in [0.15, 0.2) is 0 Å². The molecule has 1 nitrogen and oxygen atoms in total. The molecule has 2 rings (SSSR count). The zero-order valence-corrected chi connectivity index (χ0v) is 17.1. The number of benzene rings is 1. The minimum atomic E-state index is -2.74. The van der Waals surface area contributed by atoms with Crippen LogP contribution in [-0.4, -0.2) is 6.61 Å². The molecule has 3 heteroatoms. The van der Waals surface area contributed by atoms with Crippen LogP contribution in [-0.2, 0) is 6.42 Å². The summed E-state index contributed by atoms with van der Waals surface area (Å²) in [7, 11) is 0. The number of hydrogen-bond acceptors (Lipinski definition) is 1. The van der Waals surface area contributed by atoms with E-state index in [4.69, 9.17) is 0 Å². The molecule has 1 aliphatic rings. The summed E-state index contributed by atoms with van der Waals surface area (Å²) in [6.07, 6.45) is 19.1. The quantitative estimate of drug-likeness (QED) is 0.314. The first kappa shape index (κ1) is 22.2. The minimum Gasteiger partial charge on any atom is -0.435 e. The highest BCUT2D eigenvalue weighted by molar-refractivity contribution is 5.27. The molecular formula is C24H38F2O. The number of rotatable bonds is 13. The van der Waals surface area contributed by atoms with Crippen molar-refractivity contribution in [2.24, 2.45) is 11.8 Å². The van der Waals surface area contributed by atoms with Crippen LogP contribution in [0.1, 0.15) is 96.0 Å². The molecule has 0 amide bonds. The second-order valence-corrected chi connectivity index (χ2v) is 8.36. The molecule has 1 fully saturated rings. The third kappa shape index (κ3) is 9.58. The smallest absolute Gasteiger partial charge is 0.387 e. The van der Waals surface area contributed by atoms with Gasteiger partial charge in [-0.1, -0.05) is 96.1 Å². The highest BCUT2D eigenvalue weighted by atomic mass is 19.3. The third-order valence-corrected chi connectivity index (χ3v) is 6.17. The average molecular weight is 381 g/mol. The number of unbranched alkanes of at least 4 members (excludes halogenated alkanes) is 6. The molecule has 27 heavy (non-hydrogen) atoms. The number of halogens is 2. The molecule has 0 radical (unpaired) electrons. The van der Waals surface area contributed by atoms with Crippen LogP contribution in [0.25, 0.3) is 0 Å². The number of aryl methyl sites for hydroxylation is 1. The van der Waals surface area contributed by atoms with Gasteiger partial charge in [-0.2, -0.15) is 8.78 Å². The molecule has 0 heterocycles. The van der Waals surface area contributed by atoms with Crippen LogP contribution >= 0.6 is 0 Å². The molecule has 0 spiro atoms. The van der Waals surface area contributed by atoms with Crippen molar-refractivity contribution in [1.82, 2.24) is 0 Å². The monoisotopic (exact) mass is 380 g/mol. The molecule has 0 unspecified atom stereocenters. The van der Waals surface area contributed by atoms with E-state index in [-0.39, 0.29) is 5.75 Å². The molecule has 154 valence electrons. The molecule has 1 aromatic rings. The van der Waals surface area contributed by atoms with E-state index in [1.807, 2.05) is 12.1 Å². The zero-order valence-electron chi connectivity index (χ0n) is 17.1. The van der Waals surface area contributed by atoms with Gasteiger partial charge in [-0.05, 0) is 42.4 Å². The van der Waals surface area contributed by atoms with E-state index >= 15 is 0 Å². The van der Waals surface area contributed by atoms with Crippen LogP contribution in [0.5, 0.6) is 5.75 Å². The number of ether oxygens (including phenoxy) is 1. The Labute approximate surface area is 164 Å². The van der Waals surface area contributed by atoms with Gasteiger partial charge >= 0.3 is 6.61 Å². The first-order valence-corrected chi connectivity index (χ1v) is 11.2. The van der Waals surface area contributed by atoms with Gasteiger partial charge in [0.05, 0.1) is 0 Å². The largest absolute Gasteiger partial charge is 0.435 e. The van der Waals surface area contributed by atoms with Gasteiger partial charge in [-0.15, -0.1) is 0 Å². The van der Waals surface area contributed by atoms with Gasteiger partial charge in [0.1, 0.15) is 5.75 Å². The first-order valence-electron chi connectivity index (χ1n) is 11.2. The lowest BCUT2D eigenvalue weighted by Gasteiger charge is -2.28. The van der Waals surface area contributed by atoms with E-state index in [2.05, 4.69) is 11.7 Å². The molecular weight excluding hydrogens is 342 g/mol.